The van der Waals surface area contributed by atoms with Crippen molar-refractivity contribution in [3.05, 3.63) is 100 Å². The van der Waals surface area contributed by atoms with Crippen LogP contribution in [0.2, 0.25) is 0 Å². The molecule has 260 valence electrons. The topological polar surface area (TPSA) is 82.2 Å². The summed E-state index contributed by atoms with van der Waals surface area (Å²) in [4.78, 5) is 48.6. The van der Waals surface area contributed by atoms with Crippen molar-refractivity contribution in [2.75, 3.05) is 49.5 Å². The lowest BCUT2D eigenvalue weighted by Crippen LogP contribution is -2.45. The van der Waals surface area contributed by atoms with Crippen LogP contribution in [0.3, 0.4) is 0 Å². The van der Waals surface area contributed by atoms with E-state index in [1.807, 2.05) is 75.8 Å². The van der Waals surface area contributed by atoms with Crippen LogP contribution in [0.4, 0.5) is 11.4 Å². The van der Waals surface area contributed by atoms with Crippen LogP contribution < -0.4 is 15.0 Å². The van der Waals surface area contributed by atoms with Gasteiger partial charge in [0, 0.05) is 48.1 Å². The van der Waals surface area contributed by atoms with Crippen LogP contribution in [0.25, 0.3) is 11.1 Å². The van der Waals surface area contributed by atoms with Gasteiger partial charge < -0.3 is 24.8 Å². The molecule has 0 atom stereocenters. The summed E-state index contributed by atoms with van der Waals surface area (Å²) in [6, 6.07) is 25.3. The van der Waals surface area contributed by atoms with Crippen LogP contribution >= 0.6 is 11.3 Å². The Balaban J connectivity index is 1.05. The first kappa shape index (κ1) is 34.0. The summed E-state index contributed by atoms with van der Waals surface area (Å²) in [5, 5.41) is 5.12. The predicted octanol–water partition coefficient (Wildman–Crippen LogP) is 7.90. The average molecular weight is 691 g/mol. The average Bonchev–Trinajstić information content (AvgIpc) is 3.84. The van der Waals surface area contributed by atoms with Gasteiger partial charge in [-0.1, -0.05) is 48.5 Å². The third-order valence-electron chi connectivity index (χ3n) is 10.3. The van der Waals surface area contributed by atoms with E-state index in [1.165, 1.54) is 30.8 Å². The molecule has 2 fully saturated rings. The van der Waals surface area contributed by atoms with Gasteiger partial charge in [-0.25, -0.2) is 0 Å². The highest BCUT2D eigenvalue weighted by Crippen LogP contribution is 2.34. The highest BCUT2D eigenvalue weighted by Gasteiger charge is 2.28. The van der Waals surface area contributed by atoms with Crippen molar-refractivity contribution < 1.29 is 19.1 Å². The van der Waals surface area contributed by atoms with Gasteiger partial charge in [-0.15, -0.1) is 11.3 Å². The molecule has 9 heteroatoms. The Kier molecular flexibility index (Phi) is 10.9. The lowest BCUT2D eigenvalue weighted by molar-refractivity contribution is -0.133. The molecule has 1 aromatic heterocycles. The fourth-order valence-electron chi connectivity index (χ4n) is 7.57. The summed E-state index contributed by atoms with van der Waals surface area (Å²) in [5.41, 5.74) is 4.29. The minimum absolute atomic E-state index is 0.0868. The van der Waals surface area contributed by atoms with Crippen molar-refractivity contribution in [2.45, 2.75) is 63.8 Å². The van der Waals surface area contributed by atoms with Crippen LogP contribution in [0.15, 0.2) is 84.2 Å². The monoisotopic (exact) mass is 690 g/mol. The summed E-state index contributed by atoms with van der Waals surface area (Å²) < 4.78 is 6.31. The second kappa shape index (κ2) is 16.0. The molecule has 7 rings (SSSR count). The summed E-state index contributed by atoms with van der Waals surface area (Å²) in [6.07, 6.45) is 8.58. The van der Waals surface area contributed by atoms with Crippen LogP contribution in [0.5, 0.6) is 5.75 Å². The Morgan fingerprint density at radius 2 is 1.58 bits per heavy atom. The van der Waals surface area contributed by atoms with Gasteiger partial charge in [0.05, 0.1) is 18.0 Å². The number of thiophene rings is 1. The molecule has 1 N–H and O–H groups in total. The SMILES string of the molecule is O=C(Nc1ccc(C(=O)N2CCCCc3sccc32)cc1OCCCC(=O)N1CCC(N2CCCC2)CC1)c1ccccc1-c1ccccc1. The molecule has 0 unspecified atom stereocenters. The quantitative estimate of drug-likeness (QED) is 0.171. The second-order valence-electron chi connectivity index (χ2n) is 13.5. The molecule has 2 saturated heterocycles. The van der Waals surface area contributed by atoms with Crippen molar-refractivity contribution in [2.24, 2.45) is 0 Å². The lowest BCUT2D eigenvalue weighted by Gasteiger charge is -2.36. The molecule has 50 heavy (non-hydrogen) atoms. The zero-order chi connectivity index (χ0) is 34.3. The van der Waals surface area contributed by atoms with Gasteiger partial charge in [0.15, 0.2) is 0 Å². The maximum atomic E-state index is 14.0. The van der Waals surface area contributed by atoms with E-state index in [0.717, 1.165) is 62.0 Å². The van der Waals surface area contributed by atoms with Gasteiger partial charge in [-0.3, -0.25) is 14.4 Å². The number of fused-ring (bicyclic) bond motifs is 1. The fourth-order valence-corrected chi connectivity index (χ4v) is 8.50. The van der Waals surface area contributed by atoms with Crippen molar-refractivity contribution in [1.29, 1.82) is 0 Å². The molecule has 4 heterocycles. The molecule has 0 saturated carbocycles. The van der Waals surface area contributed by atoms with E-state index < -0.39 is 0 Å². The minimum Gasteiger partial charge on any atom is -0.491 e. The van der Waals surface area contributed by atoms with Gasteiger partial charge >= 0.3 is 0 Å². The zero-order valence-corrected chi connectivity index (χ0v) is 29.5. The first-order chi connectivity index (χ1) is 24.5. The standard InChI is InChI=1S/C41H46N4O4S/c46-39(44-25-19-32(20-26-44)43-22-8-9-23-43)16-10-27-49-37-29-31(41(48)45-24-7-6-15-38-36(45)21-28-50-38)17-18-35(37)42-40(47)34-14-5-4-13-33(34)30-11-2-1-3-12-30/h1-5,11-14,17-18,21,28-29,32H,6-10,15-16,19-20,22-27H2,(H,42,47). The summed E-state index contributed by atoms with van der Waals surface area (Å²) in [7, 11) is 0. The van der Waals surface area contributed by atoms with Gasteiger partial charge in [-0.2, -0.15) is 0 Å². The Labute approximate surface area is 299 Å². The van der Waals surface area contributed by atoms with E-state index in [4.69, 9.17) is 4.74 Å². The Morgan fingerprint density at radius 1 is 0.820 bits per heavy atom. The molecule has 0 radical (unpaired) electrons. The lowest BCUT2D eigenvalue weighted by atomic mass is 9.99. The molecule has 8 nitrogen and oxygen atoms in total. The van der Waals surface area contributed by atoms with E-state index in [1.54, 1.807) is 29.5 Å². The van der Waals surface area contributed by atoms with Crippen LogP contribution in [0.1, 0.15) is 77.0 Å². The van der Waals surface area contributed by atoms with Crippen LogP contribution in [-0.4, -0.2) is 72.9 Å². The number of benzene rings is 3. The van der Waals surface area contributed by atoms with Crippen molar-refractivity contribution in [3.8, 4) is 16.9 Å². The Morgan fingerprint density at radius 3 is 2.40 bits per heavy atom. The predicted molar refractivity (Wildman–Crippen MR) is 200 cm³/mol. The van der Waals surface area contributed by atoms with E-state index >= 15 is 0 Å². The van der Waals surface area contributed by atoms with Gasteiger partial charge in [0.2, 0.25) is 5.91 Å². The second-order valence-corrected chi connectivity index (χ2v) is 14.5. The molecular weight excluding hydrogens is 645 g/mol. The number of carbonyl (C=O) groups excluding carboxylic acids is 3. The van der Waals surface area contributed by atoms with E-state index in [-0.39, 0.29) is 24.3 Å². The number of nitrogens with one attached hydrogen (secondary N) is 1. The van der Waals surface area contributed by atoms with E-state index in [2.05, 4.69) is 10.2 Å². The number of aryl methyl sites for hydroxylation is 1. The van der Waals surface area contributed by atoms with E-state index in [9.17, 15) is 14.4 Å². The summed E-state index contributed by atoms with van der Waals surface area (Å²) in [5.74, 6) is 0.226. The van der Waals surface area contributed by atoms with Gasteiger partial charge in [0.25, 0.3) is 11.8 Å². The number of hydrogen-bond donors (Lipinski definition) is 1. The first-order valence-corrected chi connectivity index (χ1v) is 19.1. The maximum Gasteiger partial charge on any atom is 0.258 e. The molecule has 3 aliphatic rings. The zero-order valence-electron chi connectivity index (χ0n) is 28.6. The molecular formula is C41H46N4O4S. The maximum absolute atomic E-state index is 14.0. The molecule has 0 spiro atoms. The molecule has 0 aliphatic carbocycles. The Hall–Kier alpha value is -4.47. The highest BCUT2D eigenvalue weighted by atomic mass is 32.1. The molecule has 3 aromatic carbocycles. The first-order valence-electron chi connectivity index (χ1n) is 18.2. The molecule has 4 aromatic rings. The number of carbonyl (C=O) groups is 3. The number of nitrogens with zero attached hydrogens (tertiary/aromatic N) is 3. The van der Waals surface area contributed by atoms with Crippen LogP contribution in [0, 0.1) is 0 Å². The number of hydrogen-bond acceptors (Lipinski definition) is 6. The van der Waals surface area contributed by atoms with Gasteiger partial charge in [-0.05, 0) is 111 Å². The number of amides is 3. The number of piperidine rings is 1. The van der Waals surface area contributed by atoms with Crippen LogP contribution in [-0.2, 0) is 11.2 Å². The molecule has 0 bridgehead atoms. The van der Waals surface area contributed by atoms with Crippen molar-refractivity contribution in [1.82, 2.24) is 9.80 Å². The summed E-state index contributed by atoms with van der Waals surface area (Å²) >= 11 is 1.70. The largest absolute Gasteiger partial charge is 0.491 e. The fraction of sp³-hybridized carbons (Fsp3) is 0.390. The molecule has 3 aliphatic heterocycles. The number of likely N-dealkylation sites (tertiary alicyclic amines) is 2. The molecule has 3 amide bonds. The summed E-state index contributed by atoms with van der Waals surface area (Å²) in [6.45, 7) is 4.96. The van der Waals surface area contributed by atoms with Crippen molar-refractivity contribution in [3.63, 3.8) is 0 Å². The smallest absolute Gasteiger partial charge is 0.258 e. The third kappa shape index (κ3) is 7.79. The Bertz CT molecular complexity index is 1790. The highest BCUT2D eigenvalue weighted by molar-refractivity contribution is 7.10. The number of rotatable bonds is 10. The number of anilines is 2. The number of ether oxygens (including phenoxy) is 1. The van der Waals surface area contributed by atoms with Gasteiger partial charge in [0.1, 0.15) is 5.75 Å². The third-order valence-corrected chi connectivity index (χ3v) is 11.3. The normalized spacial score (nSPS) is 16.9. The van der Waals surface area contributed by atoms with Crippen molar-refractivity contribution >= 4 is 40.4 Å². The van der Waals surface area contributed by atoms with E-state index in [0.29, 0.717) is 48.0 Å². The minimum atomic E-state index is -0.267.